The molecule has 4 aromatic carbocycles. The lowest BCUT2D eigenvalue weighted by molar-refractivity contribution is -0.143. The van der Waals surface area contributed by atoms with Crippen molar-refractivity contribution in [1.82, 2.24) is 10.2 Å². The smallest absolute Gasteiger partial charge is 0.261 e. The van der Waals surface area contributed by atoms with E-state index in [1.165, 1.54) is 6.42 Å². The first kappa shape index (κ1) is 29.6. The number of carbonyl (C=O) groups excluding carboxylic acids is 2. The highest BCUT2D eigenvalue weighted by molar-refractivity contribution is 9.10. The van der Waals surface area contributed by atoms with Crippen molar-refractivity contribution >= 4 is 38.5 Å². The molecule has 0 aromatic heterocycles. The zero-order chi connectivity index (χ0) is 29.3. The van der Waals surface area contributed by atoms with Crippen molar-refractivity contribution in [2.24, 2.45) is 0 Å². The maximum atomic E-state index is 14.1. The number of fused-ring (bicyclic) bond motifs is 1. The van der Waals surface area contributed by atoms with Crippen LogP contribution in [0.25, 0.3) is 10.8 Å². The lowest BCUT2D eigenvalue weighted by Crippen LogP contribution is -2.53. The largest absolute Gasteiger partial charge is 0.497 e. The van der Waals surface area contributed by atoms with Gasteiger partial charge in [0.1, 0.15) is 17.5 Å². The molecule has 1 unspecified atom stereocenters. The van der Waals surface area contributed by atoms with E-state index < -0.39 is 6.04 Å². The van der Waals surface area contributed by atoms with Gasteiger partial charge in [-0.15, -0.1) is 0 Å². The Labute approximate surface area is 256 Å². The van der Waals surface area contributed by atoms with E-state index in [1.807, 2.05) is 91.0 Å². The lowest BCUT2D eigenvalue weighted by Gasteiger charge is -2.33. The molecule has 0 bridgehead atoms. The number of benzene rings is 4. The van der Waals surface area contributed by atoms with Crippen LogP contribution in [0.5, 0.6) is 11.5 Å². The van der Waals surface area contributed by atoms with Crippen LogP contribution in [0.3, 0.4) is 0 Å². The van der Waals surface area contributed by atoms with Gasteiger partial charge in [-0.1, -0.05) is 92.1 Å². The average Bonchev–Trinajstić information content (AvgIpc) is 3.03. The van der Waals surface area contributed by atoms with Crippen molar-refractivity contribution in [2.45, 2.75) is 57.2 Å². The van der Waals surface area contributed by atoms with Crippen molar-refractivity contribution in [3.63, 3.8) is 0 Å². The molecule has 1 aliphatic rings. The molecule has 1 atom stereocenters. The molecule has 0 spiro atoms. The van der Waals surface area contributed by atoms with Gasteiger partial charge in [-0.2, -0.15) is 0 Å². The van der Waals surface area contributed by atoms with Crippen molar-refractivity contribution in [2.75, 3.05) is 13.7 Å². The van der Waals surface area contributed by atoms with E-state index in [0.29, 0.717) is 17.9 Å². The predicted molar refractivity (Wildman–Crippen MR) is 170 cm³/mol. The third-order valence-corrected chi connectivity index (χ3v) is 8.71. The Morgan fingerprint density at radius 1 is 0.905 bits per heavy atom. The van der Waals surface area contributed by atoms with Gasteiger partial charge in [0.2, 0.25) is 5.91 Å². The summed E-state index contributed by atoms with van der Waals surface area (Å²) in [6, 6.07) is 28.7. The monoisotopic (exact) mass is 628 g/mol. The summed E-state index contributed by atoms with van der Waals surface area (Å²) >= 11 is 3.66. The summed E-state index contributed by atoms with van der Waals surface area (Å²) in [5, 5.41) is 5.36. The van der Waals surface area contributed by atoms with Crippen LogP contribution < -0.4 is 14.8 Å². The number of hydrogen-bond acceptors (Lipinski definition) is 4. The van der Waals surface area contributed by atoms with Gasteiger partial charge in [0.25, 0.3) is 5.91 Å². The zero-order valence-corrected chi connectivity index (χ0v) is 25.5. The highest BCUT2D eigenvalue weighted by Gasteiger charge is 2.32. The van der Waals surface area contributed by atoms with Crippen molar-refractivity contribution < 1.29 is 19.1 Å². The third-order valence-electron chi connectivity index (χ3n) is 7.89. The van der Waals surface area contributed by atoms with Crippen molar-refractivity contribution in [3.05, 3.63) is 107 Å². The number of rotatable bonds is 11. The minimum Gasteiger partial charge on any atom is -0.497 e. The predicted octanol–water partition coefficient (Wildman–Crippen LogP) is 7.08. The van der Waals surface area contributed by atoms with Crippen LogP contribution in [0.15, 0.2) is 95.5 Å². The van der Waals surface area contributed by atoms with Crippen molar-refractivity contribution in [1.29, 1.82) is 0 Å². The molecule has 42 heavy (non-hydrogen) atoms. The first-order valence-corrected chi connectivity index (χ1v) is 15.4. The fraction of sp³-hybridized carbons (Fsp3) is 0.314. The summed E-state index contributed by atoms with van der Waals surface area (Å²) in [4.78, 5) is 29.7. The van der Waals surface area contributed by atoms with Crippen LogP contribution in [0.2, 0.25) is 0 Å². The minimum absolute atomic E-state index is 0.128. The lowest BCUT2D eigenvalue weighted by atomic mass is 9.94. The fourth-order valence-electron chi connectivity index (χ4n) is 5.61. The first-order valence-electron chi connectivity index (χ1n) is 14.6. The Kier molecular flexibility index (Phi) is 10.1. The molecule has 2 amide bonds. The van der Waals surface area contributed by atoms with E-state index in [0.717, 1.165) is 52.1 Å². The standard InChI is InChI=1S/C35H37BrN2O4/c1-41-29-17-10-13-26(21-29)23-38(33(39)24-42-32-20-19-27-14-8-9-18-30(27)34(32)36)31(22-25-11-4-2-5-12-25)35(40)37-28-15-6-3-7-16-28/h2,4-5,8-14,17-21,28,31H,3,6-7,15-16,22-24H2,1H3,(H,37,40). The normalized spacial score (nSPS) is 14.2. The Morgan fingerprint density at radius 3 is 2.43 bits per heavy atom. The van der Waals surface area contributed by atoms with E-state index in [4.69, 9.17) is 9.47 Å². The van der Waals surface area contributed by atoms with Crippen molar-refractivity contribution in [3.8, 4) is 11.5 Å². The zero-order valence-electron chi connectivity index (χ0n) is 23.9. The first-order chi connectivity index (χ1) is 20.5. The van der Waals surface area contributed by atoms with Gasteiger partial charge in [-0.05, 0) is 68.9 Å². The van der Waals surface area contributed by atoms with E-state index in [-0.39, 0.29) is 31.0 Å². The van der Waals surface area contributed by atoms with Gasteiger partial charge >= 0.3 is 0 Å². The number of carbonyl (C=O) groups is 2. The minimum atomic E-state index is -0.711. The molecule has 0 radical (unpaired) electrons. The summed E-state index contributed by atoms with van der Waals surface area (Å²) < 4.78 is 12.3. The summed E-state index contributed by atoms with van der Waals surface area (Å²) in [6.45, 7) is 0.0385. The van der Waals surface area contributed by atoms with Gasteiger partial charge in [-0.3, -0.25) is 9.59 Å². The Hall–Kier alpha value is -3.84. The number of hydrogen-bond donors (Lipinski definition) is 1. The molecule has 1 aliphatic carbocycles. The van der Waals surface area contributed by atoms with Gasteiger partial charge in [0.15, 0.2) is 6.61 Å². The van der Waals surface area contributed by atoms with Gasteiger partial charge in [0, 0.05) is 19.0 Å². The number of methoxy groups -OCH3 is 1. The summed E-state index contributed by atoms with van der Waals surface area (Å²) in [6.07, 6.45) is 5.74. The van der Waals surface area contributed by atoms with Crippen LogP contribution in [0.1, 0.15) is 43.2 Å². The van der Waals surface area contributed by atoms with Gasteiger partial charge < -0.3 is 19.7 Å². The molecule has 0 saturated heterocycles. The molecule has 0 aliphatic heterocycles. The summed E-state index contributed by atoms with van der Waals surface area (Å²) in [5.74, 6) is 0.878. The molecular weight excluding hydrogens is 592 g/mol. The molecule has 1 fully saturated rings. The number of nitrogens with zero attached hydrogens (tertiary/aromatic N) is 1. The molecule has 5 rings (SSSR count). The van der Waals surface area contributed by atoms with E-state index >= 15 is 0 Å². The molecule has 0 heterocycles. The fourth-order valence-corrected chi connectivity index (χ4v) is 6.22. The summed E-state index contributed by atoms with van der Waals surface area (Å²) in [5.41, 5.74) is 1.86. The molecule has 7 heteroatoms. The van der Waals surface area contributed by atoms with Crippen LogP contribution in [0.4, 0.5) is 0 Å². The Bertz CT molecular complexity index is 1500. The second kappa shape index (κ2) is 14.4. The molecule has 4 aromatic rings. The highest BCUT2D eigenvalue weighted by Crippen LogP contribution is 2.33. The molecule has 218 valence electrons. The Balaban J connectivity index is 1.44. The summed E-state index contributed by atoms with van der Waals surface area (Å²) in [7, 11) is 1.62. The third kappa shape index (κ3) is 7.51. The van der Waals surface area contributed by atoms with E-state index in [9.17, 15) is 9.59 Å². The van der Waals surface area contributed by atoms with Crippen LogP contribution in [-0.4, -0.2) is 42.5 Å². The van der Waals surface area contributed by atoms with E-state index in [2.05, 4.69) is 21.2 Å². The second-order valence-electron chi connectivity index (χ2n) is 10.8. The second-order valence-corrected chi connectivity index (χ2v) is 11.6. The van der Waals surface area contributed by atoms with Gasteiger partial charge in [-0.25, -0.2) is 0 Å². The SMILES string of the molecule is COc1cccc(CN(C(=O)COc2ccc3ccccc3c2Br)C(Cc2ccccc2)C(=O)NC2CCCCC2)c1. The topological polar surface area (TPSA) is 67.9 Å². The average molecular weight is 630 g/mol. The Morgan fingerprint density at radius 2 is 1.64 bits per heavy atom. The molecule has 1 N–H and O–H groups in total. The maximum absolute atomic E-state index is 14.1. The number of ether oxygens (including phenoxy) is 2. The highest BCUT2D eigenvalue weighted by atomic mass is 79.9. The van der Waals surface area contributed by atoms with Crippen LogP contribution in [0, 0.1) is 0 Å². The van der Waals surface area contributed by atoms with Gasteiger partial charge in [0.05, 0.1) is 11.6 Å². The molecule has 6 nitrogen and oxygen atoms in total. The number of halogens is 1. The number of amides is 2. The van der Waals surface area contributed by atoms with E-state index in [1.54, 1.807) is 12.0 Å². The molecular formula is C35H37BrN2O4. The maximum Gasteiger partial charge on any atom is 0.261 e. The number of nitrogens with one attached hydrogen (secondary N) is 1. The van der Waals surface area contributed by atoms with Crippen LogP contribution >= 0.6 is 15.9 Å². The molecule has 1 saturated carbocycles. The van der Waals surface area contributed by atoms with Crippen LogP contribution in [-0.2, 0) is 22.6 Å². The quantitative estimate of drug-likeness (QED) is 0.193.